The van der Waals surface area contributed by atoms with Crippen molar-refractivity contribution >= 4 is 31.1 Å². The maximum atomic E-state index is 11.3. The number of hydrogen-bond donors (Lipinski definition) is 1. The molecule has 0 amide bonds. The Kier molecular flexibility index (Phi) is 7.04. The number of hydrogen-bond acceptors (Lipinski definition) is 9. The average Bonchev–Trinajstić information content (AvgIpc) is 3.40. The highest BCUT2D eigenvalue weighted by molar-refractivity contribution is 6.74. The lowest BCUT2D eigenvalue weighted by Gasteiger charge is -2.39. The number of nitro benzene ring substituents is 1. The van der Waals surface area contributed by atoms with E-state index in [1.54, 1.807) is 24.5 Å². The molecule has 2 aromatic heterocycles. The third-order valence-electron chi connectivity index (χ3n) is 7.10. The number of rotatable bonds is 8. The van der Waals surface area contributed by atoms with E-state index in [-0.39, 0.29) is 47.6 Å². The topological polar surface area (TPSA) is 140 Å². The van der Waals surface area contributed by atoms with Gasteiger partial charge in [-0.15, -0.1) is 0 Å². The van der Waals surface area contributed by atoms with Gasteiger partial charge < -0.3 is 19.6 Å². The van der Waals surface area contributed by atoms with Crippen LogP contribution in [0.5, 0.6) is 5.88 Å². The van der Waals surface area contributed by atoms with Crippen LogP contribution in [0.1, 0.15) is 52.3 Å². The summed E-state index contributed by atoms with van der Waals surface area (Å²) in [6.07, 6.45) is 2.72. The van der Waals surface area contributed by atoms with Crippen LogP contribution in [0, 0.1) is 10.1 Å². The lowest BCUT2D eigenvalue weighted by molar-refractivity contribution is -0.385. The van der Waals surface area contributed by atoms with Gasteiger partial charge in [-0.25, -0.2) is 4.98 Å². The van der Waals surface area contributed by atoms with E-state index >= 15 is 0 Å². The summed E-state index contributed by atoms with van der Waals surface area (Å²) in [5.41, 5.74) is 7.28. The minimum atomic E-state index is -1.99. The summed E-state index contributed by atoms with van der Waals surface area (Å²) in [5, 5.41) is 11.4. The normalized spacial score (nSPS) is 20.7. The zero-order valence-electron chi connectivity index (χ0n) is 21.6. The van der Waals surface area contributed by atoms with Gasteiger partial charge in [0.2, 0.25) is 11.8 Å². The number of ether oxygens (including phenoxy) is 2. The van der Waals surface area contributed by atoms with Crippen LogP contribution in [0.15, 0.2) is 30.6 Å². The minimum Gasteiger partial charge on any atom is -0.471 e. The van der Waals surface area contributed by atoms with Crippen molar-refractivity contribution in [1.29, 1.82) is 0 Å². The van der Waals surface area contributed by atoms with Crippen LogP contribution in [-0.2, 0) is 15.8 Å². The number of benzene rings is 1. The van der Waals surface area contributed by atoms with Crippen molar-refractivity contribution in [2.75, 3.05) is 5.73 Å². The van der Waals surface area contributed by atoms with Crippen molar-refractivity contribution in [3.8, 4) is 5.88 Å². The fourth-order valence-electron chi connectivity index (χ4n) is 4.09. The number of para-hydroxylation sites is 1. The number of imidazole rings is 1. The van der Waals surface area contributed by atoms with Crippen LogP contribution in [0.2, 0.25) is 18.1 Å². The molecule has 194 valence electrons. The lowest BCUT2D eigenvalue weighted by atomic mass is 10.1. The smallest absolute Gasteiger partial charge is 0.276 e. The van der Waals surface area contributed by atoms with E-state index in [4.69, 9.17) is 19.6 Å². The van der Waals surface area contributed by atoms with Gasteiger partial charge in [0.25, 0.3) is 5.69 Å². The van der Waals surface area contributed by atoms with Crippen molar-refractivity contribution in [3.05, 3.63) is 46.3 Å². The Morgan fingerprint density at radius 3 is 2.67 bits per heavy atom. The van der Waals surface area contributed by atoms with Crippen molar-refractivity contribution in [3.63, 3.8) is 0 Å². The second-order valence-corrected chi connectivity index (χ2v) is 15.3. The van der Waals surface area contributed by atoms with Crippen LogP contribution in [0.3, 0.4) is 0 Å². The van der Waals surface area contributed by atoms with Crippen LogP contribution < -0.4 is 10.5 Å². The van der Waals surface area contributed by atoms with Crippen molar-refractivity contribution in [2.24, 2.45) is 0 Å². The predicted molar refractivity (Wildman–Crippen MR) is 138 cm³/mol. The zero-order chi connectivity index (χ0) is 26.3. The van der Waals surface area contributed by atoms with E-state index in [1.807, 2.05) is 4.57 Å². The highest BCUT2D eigenvalue weighted by atomic mass is 28.4. The molecule has 0 bridgehead atoms. The second kappa shape index (κ2) is 9.75. The van der Waals surface area contributed by atoms with Gasteiger partial charge >= 0.3 is 0 Å². The molecule has 4 rings (SSSR count). The number of aromatic nitrogens is 4. The molecular formula is C24H34N6O5Si. The van der Waals surface area contributed by atoms with E-state index in [0.29, 0.717) is 23.1 Å². The summed E-state index contributed by atoms with van der Waals surface area (Å²) >= 11 is 0. The quantitative estimate of drug-likeness (QED) is 0.250. The Bertz CT molecular complexity index is 1260. The van der Waals surface area contributed by atoms with Gasteiger partial charge in [0.15, 0.2) is 19.5 Å². The third kappa shape index (κ3) is 5.06. The first-order valence-corrected chi connectivity index (χ1v) is 15.0. The van der Waals surface area contributed by atoms with Gasteiger partial charge in [-0.05, 0) is 30.6 Å². The van der Waals surface area contributed by atoms with Crippen molar-refractivity contribution in [2.45, 2.75) is 83.7 Å². The van der Waals surface area contributed by atoms with Gasteiger partial charge in [0.05, 0.1) is 29.0 Å². The standard InChI is InChI=1S/C24H34N6O5Si/c1-7-17-18(35-36(5,6)24(2,3)4)12-19(34-17)29-14-26-20-21(29)27-23(25)28-22(20)33-13-15-10-8-9-11-16(15)30(31)32/h8-11,14,17-19H,7,12-13H2,1-6H3,(H2,25,27,28)/t17-,18?,19-/m1/s1. The monoisotopic (exact) mass is 514 g/mol. The number of nitrogens with zero attached hydrogens (tertiary/aromatic N) is 5. The number of anilines is 1. The Hall–Kier alpha value is -3.09. The van der Waals surface area contributed by atoms with Gasteiger partial charge in [-0.3, -0.25) is 14.7 Å². The van der Waals surface area contributed by atoms with Crippen molar-refractivity contribution in [1.82, 2.24) is 19.5 Å². The summed E-state index contributed by atoms with van der Waals surface area (Å²) in [4.78, 5) is 24.0. The van der Waals surface area contributed by atoms with E-state index in [2.05, 4.69) is 55.7 Å². The summed E-state index contributed by atoms with van der Waals surface area (Å²) in [7, 11) is -1.99. The van der Waals surface area contributed by atoms with E-state index in [9.17, 15) is 10.1 Å². The molecule has 2 N–H and O–H groups in total. The molecule has 3 heterocycles. The summed E-state index contributed by atoms with van der Waals surface area (Å²) in [6, 6.07) is 6.39. The minimum absolute atomic E-state index is 0.0147. The second-order valence-electron chi connectivity index (χ2n) is 10.6. The zero-order valence-corrected chi connectivity index (χ0v) is 22.6. The molecule has 11 nitrogen and oxygen atoms in total. The lowest BCUT2D eigenvalue weighted by Crippen LogP contribution is -2.45. The predicted octanol–water partition coefficient (Wildman–Crippen LogP) is 4.98. The Morgan fingerprint density at radius 1 is 1.28 bits per heavy atom. The molecule has 0 saturated carbocycles. The fraction of sp³-hybridized carbons (Fsp3) is 0.542. The summed E-state index contributed by atoms with van der Waals surface area (Å²) in [6.45, 7) is 13.2. The maximum absolute atomic E-state index is 11.3. The molecule has 0 aliphatic carbocycles. The van der Waals surface area contributed by atoms with Crippen LogP contribution in [0.25, 0.3) is 11.2 Å². The number of fused-ring (bicyclic) bond motifs is 1. The SMILES string of the molecule is CC[C@H]1O[C@@H](n2cnc3c(OCc4ccccc4[N+](=O)[O-])nc(N)nc32)CC1O[Si](C)(C)C(C)(C)C. The fourth-order valence-corrected chi connectivity index (χ4v) is 5.45. The Morgan fingerprint density at radius 2 is 2.00 bits per heavy atom. The average molecular weight is 515 g/mol. The van der Waals surface area contributed by atoms with Crippen LogP contribution >= 0.6 is 0 Å². The van der Waals surface area contributed by atoms with E-state index in [0.717, 1.165) is 6.42 Å². The van der Waals surface area contributed by atoms with Crippen molar-refractivity contribution < 1.29 is 18.8 Å². The van der Waals surface area contributed by atoms with Gasteiger partial charge in [0, 0.05) is 12.5 Å². The molecule has 1 aliphatic heterocycles. The first-order chi connectivity index (χ1) is 16.9. The van der Waals surface area contributed by atoms with E-state index < -0.39 is 13.2 Å². The summed E-state index contributed by atoms with van der Waals surface area (Å²) in [5.74, 6) is 0.175. The van der Waals surface area contributed by atoms with Gasteiger partial charge in [-0.1, -0.05) is 39.8 Å². The molecule has 3 atom stereocenters. The maximum Gasteiger partial charge on any atom is 0.276 e. The van der Waals surface area contributed by atoms with Gasteiger partial charge in [-0.2, -0.15) is 9.97 Å². The van der Waals surface area contributed by atoms with E-state index in [1.165, 1.54) is 6.07 Å². The van der Waals surface area contributed by atoms with Gasteiger partial charge in [0.1, 0.15) is 12.8 Å². The number of nitrogens with two attached hydrogens (primary N) is 1. The Balaban J connectivity index is 1.59. The molecule has 12 heteroatoms. The molecule has 1 aromatic carbocycles. The molecule has 36 heavy (non-hydrogen) atoms. The molecule has 1 aliphatic rings. The number of nitrogen functional groups attached to an aromatic ring is 1. The molecule has 1 unspecified atom stereocenters. The molecular weight excluding hydrogens is 480 g/mol. The highest BCUT2D eigenvalue weighted by Crippen LogP contribution is 2.42. The molecule has 0 spiro atoms. The van der Waals surface area contributed by atoms with Crippen LogP contribution in [0.4, 0.5) is 11.6 Å². The first-order valence-electron chi connectivity index (χ1n) is 12.1. The molecule has 1 fully saturated rings. The largest absolute Gasteiger partial charge is 0.471 e. The first kappa shape index (κ1) is 26.0. The Labute approximate surface area is 211 Å². The molecule has 3 aromatic rings. The molecule has 1 saturated heterocycles. The number of nitro groups is 1. The van der Waals surface area contributed by atoms with Crippen LogP contribution in [-0.4, -0.2) is 45.0 Å². The highest BCUT2D eigenvalue weighted by Gasteiger charge is 2.44. The summed E-state index contributed by atoms with van der Waals surface area (Å²) < 4.78 is 20.8. The third-order valence-corrected chi connectivity index (χ3v) is 11.6. The molecule has 0 radical (unpaired) electrons.